The molecule has 148 valence electrons. The molecule has 0 unspecified atom stereocenters. The van der Waals surface area contributed by atoms with Gasteiger partial charge in [0.1, 0.15) is 6.33 Å². The van der Waals surface area contributed by atoms with Crippen molar-refractivity contribution >= 4 is 50.6 Å². The third-order valence-electron chi connectivity index (χ3n) is 4.06. The van der Waals surface area contributed by atoms with Crippen LogP contribution in [0.15, 0.2) is 59.3 Å². The molecule has 1 heterocycles. The summed E-state index contributed by atoms with van der Waals surface area (Å²) in [6.45, 7) is 0. The van der Waals surface area contributed by atoms with Crippen LogP contribution < -0.4 is 10.2 Å². The van der Waals surface area contributed by atoms with Gasteiger partial charge in [-0.25, -0.2) is 14.8 Å². The van der Waals surface area contributed by atoms with Crippen molar-refractivity contribution in [1.29, 1.82) is 0 Å². The number of hydrogen-bond donors (Lipinski definition) is 1. The molecule has 2 aromatic carbocycles. The zero-order valence-electron chi connectivity index (χ0n) is 15.5. The molecule has 0 aliphatic rings. The van der Waals surface area contributed by atoms with Gasteiger partial charge in [0.2, 0.25) is 11.6 Å². The van der Waals surface area contributed by atoms with Gasteiger partial charge in [-0.15, -0.1) is 0 Å². The number of para-hydroxylation sites is 1. The fraction of sp³-hybridized carbons (Fsp3) is 0.105. The Kier molecular flexibility index (Phi) is 6.03. The average Bonchev–Trinajstić information content (AvgIpc) is 2.72. The van der Waals surface area contributed by atoms with Crippen molar-refractivity contribution in [3.8, 4) is 0 Å². The highest BCUT2D eigenvalue weighted by Gasteiger charge is 2.28. The minimum absolute atomic E-state index is 0.0267. The molecule has 3 aromatic rings. The van der Waals surface area contributed by atoms with Crippen LogP contribution in [0, 0.1) is 10.1 Å². The third-order valence-corrected chi connectivity index (χ3v) is 4.55. The Morgan fingerprint density at radius 2 is 1.97 bits per heavy atom. The Balaban J connectivity index is 2.09. The van der Waals surface area contributed by atoms with Gasteiger partial charge in [0, 0.05) is 17.2 Å². The van der Waals surface area contributed by atoms with Gasteiger partial charge in [-0.1, -0.05) is 34.1 Å². The maximum Gasteiger partial charge on any atom is 0.354 e. The van der Waals surface area contributed by atoms with Crippen molar-refractivity contribution in [3.05, 3.63) is 75.0 Å². The van der Waals surface area contributed by atoms with E-state index < -0.39 is 10.9 Å². The number of nitro groups is 1. The van der Waals surface area contributed by atoms with E-state index in [0.717, 1.165) is 4.47 Å². The lowest BCUT2D eigenvalue weighted by Crippen LogP contribution is -2.18. The first kappa shape index (κ1) is 20.2. The number of methoxy groups -OCH3 is 1. The zero-order chi connectivity index (χ0) is 21.0. The number of carbonyl (C=O) groups excluding carboxylic acids is 1. The number of nitrogens with zero attached hydrogens (tertiary/aromatic N) is 4. The fourth-order valence-corrected chi connectivity index (χ4v) is 3.14. The second-order valence-electron chi connectivity index (χ2n) is 5.85. The third kappa shape index (κ3) is 4.32. The summed E-state index contributed by atoms with van der Waals surface area (Å²) in [6, 6.07) is 13.8. The van der Waals surface area contributed by atoms with Crippen molar-refractivity contribution in [2.24, 2.45) is 0 Å². The largest absolute Gasteiger partial charge is 0.465 e. The number of halogens is 1. The first-order valence-corrected chi connectivity index (χ1v) is 9.14. The standard InChI is InChI=1S/C19H16BrN5O4/c1-24(15-9-4-3-8-14(15)19(26)29-2)18-16(25(27)28)17(21-11-22-18)23-13-7-5-6-12(20)10-13/h3-11H,1-2H3,(H,21,22,23). The Morgan fingerprint density at radius 3 is 2.66 bits per heavy atom. The summed E-state index contributed by atoms with van der Waals surface area (Å²) in [5.41, 5.74) is 0.959. The number of ether oxygens (including phenoxy) is 1. The summed E-state index contributed by atoms with van der Waals surface area (Å²) in [4.78, 5) is 33.0. The van der Waals surface area contributed by atoms with Crippen LogP contribution in [0.25, 0.3) is 0 Å². The Bertz CT molecular complexity index is 1080. The quantitative estimate of drug-likeness (QED) is 0.328. The molecule has 0 atom stereocenters. The van der Waals surface area contributed by atoms with Crippen molar-refractivity contribution in [2.45, 2.75) is 0 Å². The molecule has 10 heteroatoms. The summed E-state index contributed by atoms with van der Waals surface area (Å²) in [5.74, 6) is -0.504. The molecule has 0 amide bonds. The topological polar surface area (TPSA) is 110 Å². The highest BCUT2D eigenvalue weighted by atomic mass is 79.9. The lowest BCUT2D eigenvalue weighted by molar-refractivity contribution is -0.383. The van der Waals surface area contributed by atoms with E-state index in [1.165, 1.54) is 18.3 Å². The lowest BCUT2D eigenvalue weighted by atomic mass is 10.1. The van der Waals surface area contributed by atoms with E-state index in [9.17, 15) is 14.9 Å². The molecular weight excluding hydrogens is 442 g/mol. The van der Waals surface area contributed by atoms with Crippen LogP contribution >= 0.6 is 15.9 Å². The monoisotopic (exact) mass is 457 g/mol. The molecule has 0 fully saturated rings. The number of hydrogen-bond acceptors (Lipinski definition) is 8. The van der Waals surface area contributed by atoms with Gasteiger partial charge >= 0.3 is 11.7 Å². The van der Waals surface area contributed by atoms with E-state index in [4.69, 9.17) is 4.74 Å². The zero-order valence-corrected chi connectivity index (χ0v) is 17.1. The smallest absolute Gasteiger partial charge is 0.354 e. The molecule has 9 nitrogen and oxygen atoms in total. The summed E-state index contributed by atoms with van der Waals surface area (Å²) in [5, 5.41) is 14.8. The number of anilines is 4. The molecule has 0 saturated carbocycles. The molecule has 0 aliphatic heterocycles. The van der Waals surface area contributed by atoms with Crippen LogP contribution in [0.1, 0.15) is 10.4 Å². The molecule has 0 saturated heterocycles. The Morgan fingerprint density at radius 1 is 1.21 bits per heavy atom. The highest BCUT2D eigenvalue weighted by molar-refractivity contribution is 9.10. The molecule has 1 N–H and O–H groups in total. The number of carbonyl (C=O) groups is 1. The summed E-state index contributed by atoms with van der Waals surface area (Å²) in [6.07, 6.45) is 1.22. The van der Waals surface area contributed by atoms with E-state index in [0.29, 0.717) is 11.4 Å². The van der Waals surface area contributed by atoms with E-state index in [2.05, 4.69) is 31.2 Å². The molecule has 0 bridgehead atoms. The lowest BCUT2D eigenvalue weighted by Gasteiger charge is -2.21. The Hall–Kier alpha value is -3.53. The van der Waals surface area contributed by atoms with Gasteiger partial charge in [0.05, 0.1) is 23.3 Å². The van der Waals surface area contributed by atoms with E-state index >= 15 is 0 Å². The number of esters is 1. The van der Waals surface area contributed by atoms with Gasteiger partial charge in [0.15, 0.2) is 0 Å². The summed E-state index contributed by atoms with van der Waals surface area (Å²) < 4.78 is 5.61. The van der Waals surface area contributed by atoms with Gasteiger partial charge in [-0.05, 0) is 30.3 Å². The number of rotatable bonds is 6. The van der Waals surface area contributed by atoms with Crippen LogP contribution in [0.4, 0.5) is 28.7 Å². The SMILES string of the molecule is COC(=O)c1ccccc1N(C)c1ncnc(Nc2cccc(Br)c2)c1[N+](=O)[O-]. The molecular formula is C19H16BrN5O4. The minimum Gasteiger partial charge on any atom is -0.465 e. The van der Waals surface area contributed by atoms with Crippen LogP contribution in [-0.2, 0) is 4.74 Å². The van der Waals surface area contributed by atoms with Crippen molar-refractivity contribution in [2.75, 3.05) is 24.4 Å². The molecule has 1 aromatic heterocycles. The van der Waals surface area contributed by atoms with E-state index in [1.807, 2.05) is 6.07 Å². The Labute approximate surface area is 174 Å². The van der Waals surface area contributed by atoms with Crippen molar-refractivity contribution in [3.63, 3.8) is 0 Å². The fourth-order valence-electron chi connectivity index (χ4n) is 2.74. The first-order chi connectivity index (χ1) is 13.9. The maximum absolute atomic E-state index is 12.1. The molecule has 0 radical (unpaired) electrons. The molecule has 0 aliphatic carbocycles. The second-order valence-corrected chi connectivity index (χ2v) is 6.77. The van der Waals surface area contributed by atoms with Gasteiger partial charge < -0.3 is 15.0 Å². The van der Waals surface area contributed by atoms with Gasteiger partial charge in [0.25, 0.3) is 0 Å². The van der Waals surface area contributed by atoms with E-state index in [-0.39, 0.29) is 22.9 Å². The van der Waals surface area contributed by atoms with Crippen LogP contribution in [0.5, 0.6) is 0 Å². The molecule has 0 spiro atoms. The van der Waals surface area contributed by atoms with E-state index in [1.54, 1.807) is 49.5 Å². The van der Waals surface area contributed by atoms with Crippen LogP contribution in [0.3, 0.4) is 0 Å². The summed E-state index contributed by atoms with van der Waals surface area (Å²) in [7, 11) is 2.85. The number of nitrogens with one attached hydrogen (secondary N) is 1. The average molecular weight is 458 g/mol. The van der Waals surface area contributed by atoms with Crippen molar-refractivity contribution < 1.29 is 14.5 Å². The number of aromatic nitrogens is 2. The van der Waals surface area contributed by atoms with Crippen LogP contribution in [0.2, 0.25) is 0 Å². The highest BCUT2D eigenvalue weighted by Crippen LogP contribution is 2.37. The van der Waals surface area contributed by atoms with Crippen LogP contribution in [-0.4, -0.2) is 35.0 Å². The van der Waals surface area contributed by atoms with Gasteiger partial charge in [-0.3, -0.25) is 10.1 Å². The maximum atomic E-state index is 12.1. The molecule has 3 rings (SSSR count). The normalized spacial score (nSPS) is 10.3. The van der Waals surface area contributed by atoms with Crippen molar-refractivity contribution in [1.82, 2.24) is 9.97 Å². The predicted octanol–water partition coefficient (Wildman–Crippen LogP) is 4.45. The minimum atomic E-state index is -0.563. The predicted molar refractivity (Wildman–Crippen MR) is 112 cm³/mol. The first-order valence-electron chi connectivity index (χ1n) is 8.35. The molecule has 29 heavy (non-hydrogen) atoms. The number of benzene rings is 2. The van der Waals surface area contributed by atoms with Gasteiger partial charge in [-0.2, -0.15) is 0 Å². The summed E-state index contributed by atoms with van der Waals surface area (Å²) >= 11 is 3.36. The second kappa shape index (κ2) is 8.65.